The van der Waals surface area contributed by atoms with Gasteiger partial charge in [-0.1, -0.05) is 26.0 Å². The SMILES string of the molecule is CCOC(=O)C(F)Oc1ccc(C(C)CC)cc1. The Morgan fingerprint density at radius 1 is 1.28 bits per heavy atom. The zero-order valence-electron chi connectivity index (χ0n) is 11.0. The summed E-state index contributed by atoms with van der Waals surface area (Å²) < 4.78 is 22.7. The predicted octanol–water partition coefficient (Wildman–Crippen LogP) is 3.44. The molecule has 2 unspecified atom stereocenters. The summed E-state index contributed by atoms with van der Waals surface area (Å²) in [4.78, 5) is 11.0. The molecular weight excluding hydrogens is 235 g/mol. The molecule has 0 aliphatic rings. The van der Waals surface area contributed by atoms with E-state index in [0.29, 0.717) is 11.7 Å². The predicted molar refractivity (Wildman–Crippen MR) is 67.3 cm³/mol. The molecule has 3 nitrogen and oxygen atoms in total. The zero-order valence-corrected chi connectivity index (χ0v) is 11.0. The van der Waals surface area contributed by atoms with Gasteiger partial charge in [0.2, 0.25) is 0 Å². The molecular formula is C14H19FO3. The monoisotopic (exact) mass is 254 g/mol. The molecule has 0 N–H and O–H groups in total. The molecule has 1 rings (SSSR count). The lowest BCUT2D eigenvalue weighted by atomic mass is 9.99. The second kappa shape index (κ2) is 6.99. The summed E-state index contributed by atoms with van der Waals surface area (Å²) in [5, 5.41) is 0. The van der Waals surface area contributed by atoms with Crippen molar-refractivity contribution in [1.82, 2.24) is 0 Å². The van der Waals surface area contributed by atoms with Crippen LogP contribution in [-0.4, -0.2) is 18.9 Å². The number of hydrogen-bond acceptors (Lipinski definition) is 3. The quantitative estimate of drug-likeness (QED) is 0.729. The van der Waals surface area contributed by atoms with Crippen LogP contribution in [0.4, 0.5) is 4.39 Å². The van der Waals surface area contributed by atoms with Gasteiger partial charge in [0.05, 0.1) is 6.61 Å². The summed E-state index contributed by atoms with van der Waals surface area (Å²) in [6.45, 7) is 5.97. The first-order valence-corrected chi connectivity index (χ1v) is 6.15. The van der Waals surface area contributed by atoms with Gasteiger partial charge in [-0.2, -0.15) is 4.39 Å². The van der Waals surface area contributed by atoms with Crippen molar-refractivity contribution in [2.45, 2.75) is 39.5 Å². The van der Waals surface area contributed by atoms with Gasteiger partial charge >= 0.3 is 12.3 Å². The summed E-state index contributed by atoms with van der Waals surface area (Å²) >= 11 is 0. The van der Waals surface area contributed by atoms with Crippen LogP contribution >= 0.6 is 0 Å². The molecule has 0 bridgehead atoms. The first-order valence-electron chi connectivity index (χ1n) is 6.15. The Hall–Kier alpha value is -1.58. The van der Waals surface area contributed by atoms with Crippen molar-refractivity contribution >= 4 is 5.97 Å². The number of carbonyl (C=O) groups excluding carboxylic acids is 1. The fraction of sp³-hybridized carbons (Fsp3) is 0.500. The number of esters is 1. The highest BCUT2D eigenvalue weighted by Gasteiger charge is 2.20. The Kier molecular flexibility index (Phi) is 5.62. The molecule has 0 aromatic heterocycles. The molecule has 0 saturated heterocycles. The standard InChI is InChI=1S/C14H19FO3/c1-4-10(3)11-6-8-12(9-7-11)18-13(15)14(16)17-5-2/h6-10,13H,4-5H2,1-3H3. The van der Waals surface area contributed by atoms with Crippen molar-refractivity contribution in [3.8, 4) is 5.75 Å². The molecule has 0 spiro atoms. The van der Waals surface area contributed by atoms with Crippen LogP contribution < -0.4 is 4.74 Å². The van der Waals surface area contributed by atoms with E-state index in [1.807, 2.05) is 12.1 Å². The molecule has 0 saturated carbocycles. The Bertz CT molecular complexity index is 375. The number of halogens is 1. The third-order valence-electron chi connectivity index (χ3n) is 2.77. The van der Waals surface area contributed by atoms with Crippen LogP contribution in [0.15, 0.2) is 24.3 Å². The van der Waals surface area contributed by atoms with E-state index in [0.717, 1.165) is 12.0 Å². The van der Waals surface area contributed by atoms with Crippen LogP contribution in [0.3, 0.4) is 0 Å². The normalized spacial score (nSPS) is 13.8. The second-order valence-corrected chi connectivity index (χ2v) is 4.06. The number of hydrogen-bond donors (Lipinski definition) is 0. The van der Waals surface area contributed by atoms with Crippen molar-refractivity contribution in [1.29, 1.82) is 0 Å². The summed E-state index contributed by atoms with van der Waals surface area (Å²) in [7, 11) is 0. The van der Waals surface area contributed by atoms with Gasteiger partial charge < -0.3 is 9.47 Å². The van der Waals surface area contributed by atoms with E-state index in [4.69, 9.17) is 4.74 Å². The summed E-state index contributed by atoms with van der Waals surface area (Å²) in [6, 6.07) is 7.07. The summed E-state index contributed by atoms with van der Waals surface area (Å²) in [5.41, 5.74) is 1.16. The van der Waals surface area contributed by atoms with Crippen molar-refractivity contribution < 1.29 is 18.7 Å². The van der Waals surface area contributed by atoms with Crippen LogP contribution in [0, 0.1) is 0 Å². The highest BCUT2D eigenvalue weighted by atomic mass is 19.1. The van der Waals surface area contributed by atoms with E-state index in [9.17, 15) is 9.18 Å². The Balaban J connectivity index is 2.60. The highest BCUT2D eigenvalue weighted by molar-refractivity contribution is 5.73. The van der Waals surface area contributed by atoms with E-state index in [1.165, 1.54) is 0 Å². The van der Waals surface area contributed by atoms with Gasteiger partial charge in [0.25, 0.3) is 0 Å². The molecule has 4 heteroatoms. The van der Waals surface area contributed by atoms with Crippen LogP contribution in [0.2, 0.25) is 0 Å². The molecule has 0 fully saturated rings. The summed E-state index contributed by atoms with van der Waals surface area (Å²) in [5.74, 6) is -0.226. The average Bonchev–Trinajstić information content (AvgIpc) is 2.39. The van der Waals surface area contributed by atoms with Crippen molar-refractivity contribution in [3.63, 3.8) is 0 Å². The minimum atomic E-state index is -2.07. The zero-order chi connectivity index (χ0) is 13.5. The Morgan fingerprint density at radius 2 is 1.89 bits per heavy atom. The lowest BCUT2D eigenvalue weighted by Crippen LogP contribution is -2.24. The topological polar surface area (TPSA) is 35.5 Å². The second-order valence-electron chi connectivity index (χ2n) is 4.06. The van der Waals surface area contributed by atoms with Gasteiger partial charge in [0.1, 0.15) is 5.75 Å². The smallest absolute Gasteiger partial charge is 0.381 e. The fourth-order valence-electron chi connectivity index (χ4n) is 1.49. The highest BCUT2D eigenvalue weighted by Crippen LogP contribution is 2.22. The number of carbonyl (C=O) groups is 1. The molecule has 2 atom stereocenters. The Morgan fingerprint density at radius 3 is 2.39 bits per heavy atom. The van der Waals surface area contributed by atoms with E-state index in [-0.39, 0.29) is 6.61 Å². The minimum absolute atomic E-state index is 0.134. The van der Waals surface area contributed by atoms with Crippen LogP contribution in [0.5, 0.6) is 5.75 Å². The lowest BCUT2D eigenvalue weighted by Gasteiger charge is -2.12. The Labute approximate surface area is 107 Å². The van der Waals surface area contributed by atoms with Gasteiger partial charge in [-0.25, -0.2) is 4.79 Å². The first-order chi connectivity index (χ1) is 8.58. The maximum Gasteiger partial charge on any atom is 0.381 e. The molecule has 1 aromatic rings. The van der Waals surface area contributed by atoms with E-state index in [1.54, 1.807) is 19.1 Å². The van der Waals surface area contributed by atoms with E-state index >= 15 is 0 Å². The van der Waals surface area contributed by atoms with Gasteiger partial charge in [-0.05, 0) is 37.0 Å². The average molecular weight is 254 g/mol. The van der Waals surface area contributed by atoms with Gasteiger partial charge in [-0.15, -0.1) is 0 Å². The number of rotatable bonds is 6. The van der Waals surface area contributed by atoms with Crippen molar-refractivity contribution in [2.24, 2.45) is 0 Å². The molecule has 0 aliphatic heterocycles. The molecule has 1 aromatic carbocycles. The van der Waals surface area contributed by atoms with Gasteiger partial charge in [0.15, 0.2) is 0 Å². The maximum atomic E-state index is 13.3. The van der Waals surface area contributed by atoms with Crippen LogP contribution in [0.1, 0.15) is 38.7 Å². The number of ether oxygens (including phenoxy) is 2. The molecule has 100 valence electrons. The molecule has 0 heterocycles. The number of alkyl halides is 1. The molecule has 0 radical (unpaired) electrons. The lowest BCUT2D eigenvalue weighted by molar-refractivity contribution is -0.159. The van der Waals surface area contributed by atoms with Crippen LogP contribution in [0.25, 0.3) is 0 Å². The third-order valence-corrected chi connectivity index (χ3v) is 2.77. The van der Waals surface area contributed by atoms with Crippen LogP contribution in [-0.2, 0) is 9.53 Å². The molecule has 0 amide bonds. The fourth-order valence-corrected chi connectivity index (χ4v) is 1.49. The molecule has 18 heavy (non-hydrogen) atoms. The molecule has 0 aliphatic carbocycles. The van der Waals surface area contributed by atoms with Crippen molar-refractivity contribution in [2.75, 3.05) is 6.61 Å². The largest absolute Gasteiger partial charge is 0.461 e. The number of benzene rings is 1. The summed E-state index contributed by atoms with van der Waals surface area (Å²) in [6.07, 6.45) is -1.03. The van der Waals surface area contributed by atoms with Crippen molar-refractivity contribution in [3.05, 3.63) is 29.8 Å². The van der Waals surface area contributed by atoms with Gasteiger partial charge in [-0.3, -0.25) is 0 Å². The first kappa shape index (κ1) is 14.5. The van der Waals surface area contributed by atoms with E-state index in [2.05, 4.69) is 18.6 Å². The van der Waals surface area contributed by atoms with E-state index < -0.39 is 12.3 Å². The van der Waals surface area contributed by atoms with Gasteiger partial charge in [0, 0.05) is 0 Å². The third kappa shape index (κ3) is 4.02. The minimum Gasteiger partial charge on any atom is -0.461 e. The maximum absolute atomic E-state index is 13.3.